The summed E-state index contributed by atoms with van der Waals surface area (Å²) in [5.74, 6) is -0.796. The van der Waals surface area contributed by atoms with Crippen molar-refractivity contribution in [2.45, 2.75) is 238 Å². The molecule has 0 radical (unpaired) electrons. The summed E-state index contributed by atoms with van der Waals surface area (Å²) >= 11 is 0. The van der Waals surface area contributed by atoms with Crippen molar-refractivity contribution in [3.8, 4) is 0 Å². The van der Waals surface area contributed by atoms with Crippen LogP contribution in [0.3, 0.4) is 0 Å². The predicted octanol–water partition coefficient (Wildman–Crippen LogP) is 14.7. The van der Waals surface area contributed by atoms with Gasteiger partial charge in [-0.3, -0.25) is 18.6 Å². The van der Waals surface area contributed by atoms with Crippen LogP contribution < -0.4 is 0 Å². The standard InChI is InChI=1S/C50H96NO8P/c1-6-8-10-12-14-16-18-20-22-23-24-25-26-27-29-30-32-34-36-38-40-42-49(52)56-46-48(47-58-60(54,55)57-45-44-51(3,4)5)59-50(53)43-41-39-37-35-33-31-28-21-19-17-15-13-11-9-7-2/h17,19-20,22,48H,6-16,18,21,23-47H2,1-5H3/p+1/b19-17+,22-20+/t48-/m0/s1. The third kappa shape index (κ3) is 46.0. The smallest absolute Gasteiger partial charge is 0.462 e. The second-order valence-electron chi connectivity index (χ2n) is 18.2. The van der Waals surface area contributed by atoms with E-state index in [1.54, 1.807) is 0 Å². The summed E-state index contributed by atoms with van der Waals surface area (Å²) in [6.45, 7) is 4.43. The van der Waals surface area contributed by atoms with E-state index >= 15 is 0 Å². The molecule has 1 N–H and O–H groups in total. The van der Waals surface area contributed by atoms with Crippen LogP contribution in [0, 0.1) is 0 Å². The van der Waals surface area contributed by atoms with Gasteiger partial charge >= 0.3 is 19.8 Å². The Morgan fingerprint density at radius 3 is 1.25 bits per heavy atom. The molecule has 0 aliphatic heterocycles. The Bertz CT molecular complexity index is 1070. The first-order valence-corrected chi connectivity index (χ1v) is 26.6. The molecular weight excluding hydrogens is 774 g/mol. The quantitative estimate of drug-likeness (QED) is 0.0212. The Morgan fingerprint density at radius 1 is 0.500 bits per heavy atom. The number of nitrogens with zero attached hydrogens (tertiary/aromatic N) is 1. The molecule has 0 aromatic carbocycles. The first-order valence-electron chi connectivity index (χ1n) is 25.1. The lowest BCUT2D eigenvalue weighted by Gasteiger charge is -2.24. The van der Waals surface area contributed by atoms with Gasteiger partial charge in [-0.1, -0.05) is 179 Å². The number of ether oxygens (including phenoxy) is 2. The molecule has 0 aromatic rings. The van der Waals surface area contributed by atoms with Crippen LogP contribution in [0.25, 0.3) is 0 Å². The van der Waals surface area contributed by atoms with E-state index in [9.17, 15) is 19.0 Å². The fourth-order valence-corrected chi connectivity index (χ4v) is 7.75. The predicted molar refractivity (Wildman–Crippen MR) is 252 cm³/mol. The molecule has 0 saturated carbocycles. The first kappa shape index (κ1) is 58.5. The number of hydrogen-bond donors (Lipinski definition) is 1. The third-order valence-electron chi connectivity index (χ3n) is 11.0. The van der Waals surface area contributed by atoms with Gasteiger partial charge in [-0.2, -0.15) is 0 Å². The molecule has 9 nitrogen and oxygen atoms in total. The van der Waals surface area contributed by atoms with Crippen LogP contribution >= 0.6 is 7.82 Å². The number of carbonyl (C=O) groups is 2. The summed E-state index contributed by atoms with van der Waals surface area (Å²) in [4.78, 5) is 35.5. The zero-order valence-electron chi connectivity index (χ0n) is 40.0. The maximum Gasteiger partial charge on any atom is 0.472 e. The van der Waals surface area contributed by atoms with Crippen LogP contribution in [0.2, 0.25) is 0 Å². The monoisotopic (exact) mass is 871 g/mol. The number of phosphoric acid groups is 1. The van der Waals surface area contributed by atoms with Crippen LogP contribution in [-0.4, -0.2) is 74.9 Å². The molecule has 0 aliphatic carbocycles. The number of allylic oxidation sites excluding steroid dienone is 4. The number of rotatable bonds is 46. The minimum Gasteiger partial charge on any atom is -0.462 e. The van der Waals surface area contributed by atoms with E-state index in [4.69, 9.17) is 18.5 Å². The molecular formula is C50H97NO8P+. The highest BCUT2D eigenvalue weighted by atomic mass is 31.2. The van der Waals surface area contributed by atoms with Crippen molar-refractivity contribution in [3.63, 3.8) is 0 Å². The molecule has 60 heavy (non-hydrogen) atoms. The van der Waals surface area contributed by atoms with E-state index in [2.05, 4.69) is 38.2 Å². The Hall–Kier alpha value is -1.51. The van der Waals surface area contributed by atoms with Crippen LogP contribution in [-0.2, 0) is 32.7 Å². The molecule has 0 spiro atoms. The zero-order valence-corrected chi connectivity index (χ0v) is 40.9. The average molecular weight is 871 g/mol. The van der Waals surface area contributed by atoms with E-state index in [-0.39, 0.29) is 32.0 Å². The number of hydrogen-bond acceptors (Lipinski definition) is 7. The molecule has 2 atom stereocenters. The fourth-order valence-electron chi connectivity index (χ4n) is 7.00. The van der Waals surface area contributed by atoms with E-state index in [1.165, 1.54) is 154 Å². The summed E-state index contributed by atoms with van der Waals surface area (Å²) in [7, 11) is 1.48. The normalized spacial score (nSPS) is 13.6. The van der Waals surface area contributed by atoms with Crippen LogP contribution in [0.1, 0.15) is 232 Å². The lowest BCUT2D eigenvalue weighted by atomic mass is 10.0. The molecule has 1 unspecified atom stereocenters. The highest BCUT2D eigenvalue weighted by Crippen LogP contribution is 2.43. The second kappa shape index (κ2) is 42.8. The minimum absolute atomic E-state index is 0.0324. The summed E-state index contributed by atoms with van der Waals surface area (Å²) in [6, 6.07) is 0. The molecule has 354 valence electrons. The lowest BCUT2D eigenvalue weighted by Crippen LogP contribution is -2.37. The first-order chi connectivity index (χ1) is 29.0. The van der Waals surface area contributed by atoms with Gasteiger partial charge in [-0.05, 0) is 64.2 Å². The highest BCUT2D eigenvalue weighted by molar-refractivity contribution is 7.47. The Balaban J connectivity index is 4.23. The van der Waals surface area contributed by atoms with E-state index in [1.807, 2.05) is 21.1 Å². The van der Waals surface area contributed by atoms with Crippen molar-refractivity contribution in [1.29, 1.82) is 0 Å². The van der Waals surface area contributed by atoms with Crippen molar-refractivity contribution < 1.29 is 42.1 Å². The average Bonchev–Trinajstić information content (AvgIpc) is 3.20. The third-order valence-corrected chi connectivity index (χ3v) is 11.9. The molecule has 0 aromatic heterocycles. The molecule has 0 heterocycles. The van der Waals surface area contributed by atoms with Crippen molar-refractivity contribution in [2.75, 3.05) is 47.5 Å². The number of likely N-dealkylation sites (N-methyl/N-ethyl adjacent to an activating group) is 1. The fraction of sp³-hybridized carbons (Fsp3) is 0.880. The van der Waals surface area contributed by atoms with Crippen molar-refractivity contribution in [2.24, 2.45) is 0 Å². The van der Waals surface area contributed by atoms with E-state index < -0.39 is 26.5 Å². The largest absolute Gasteiger partial charge is 0.472 e. The molecule has 0 aliphatic rings. The van der Waals surface area contributed by atoms with Gasteiger partial charge in [0.25, 0.3) is 0 Å². The Morgan fingerprint density at radius 2 is 0.850 bits per heavy atom. The van der Waals surface area contributed by atoms with Gasteiger partial charge in [0.2, 0.25) is 0 Å². The zero-order chi connectivity index (χ0) is 44.3. The van der Waals surface area contributed by atoms with Crippen molar-refractivity contribution >= 4 is 19.8 Å². The molecule has 0 bridgehead atoms. The summed E-state index contributed by atoms with van der Waals surface area (Å²) in [5, 5.41) is 0. The van der Waals surface area contributed by atoms with E-state index in [0.717, 1.165) is 44.9 Å². The topological polar surface area (TPSA) is 108 Å². The van der Waals surface area contributed by atoms with Crippen molar-refractivity contribution in [3.05, 3.63) is 24.3 Å². The molecule has 0 saturated heterocycles. The van der Waals surface area contributed by atoms with Gasteiger partial charge in [0.15, 0.2) is 6.10 Å². The Kier molecular flexibility index (Phi) is 41.7. The highest BCUT2D eigenvalue weighted by Gasteiger charge is 2.27. The summed E-state index contributed by atoms with van der Waals surface area (Å²) < 4.78 is 34.4. The van der Waals surface area contributed by atoms with Gasteiger partial charge in [0, 0.05) is 12.8 Å². The van der Waals surface area contributed by atoms with Crippen LogP contribution in [0.15, 0.2) is 24.3 Å². The number of quaternary nitrogens is 1. The van der Waals surface area contributed by atoms with Gasteiger partial charge < -0.3 is 18.9 Å². The molecule has 0 rings (SSSR count). The minimum atomic E-state index is -4.38. The molecule has 10 heteroatoms. The van der Waals surface area contributed by atoms with Crippen LogP contribution in [0.5, 0.6) is 0 Å². The number of phosphoric ester groups is 1. The second-order valence-corrected chi connectivity index (χ2v) is 19.6. The van der Waals surface area contributed by atoms with Gasteiger partial charge in [-0.15, -0.1) is 0 Å². The number of unbranched alkanes of at least 4 members (excludes halogenated alkanes) is 28. The van der Waals surface area contributed by atoms with Gasteiger partial charge in [-0.25, -0.2) is 4.57 Å². The number of esters is 2. The SMILES string of the molecule is CCCCCC/C=C/CCCCCCCCCC(=O)O[C@@H](COC(=O)CCCCCCCCCCCCC/C=C/CCCCCCCC)COP(=O)(O)OCC[N+](C)(C)C. The lowest BCUT2D eigenvalue weighted by molar-refractivity contribution is -0.870. The molecule has 0 fully saturated rings. The maximum atomic E-state index is 12.7. The summed E-state index contributed by atoms with van der Waals surface area (Å²) in [5.41, 5.74) is 0. The van der Waals surface area contributed by atoms with Crippen LogP contribution in [0.4, 0.5) is 0 Å². The van der Waals surface area contributed by atoms with Gasteiger partial charge in [0.05, 0.1) is 27.7 Å². The molecule has 0 amide bonds. The summed E-state index contributed by atoms with van der Waals surface area (Å²) in [6.07, 6.45) is 47.9. The maximum absolute atomic E-state index is 12.7. The number of carbonyl (C=O) groups excluding carboxylic acids is 2. The van der Waals surface area contributed by atoms with Gasteiger partial charge in [0.1, 0.15) is 19.8 Å². The Labute approximate surface area is 370 Å². The van der Waals surface area contributed by atoms with E-state index in [0.29, 0.717) is 17.4 Å². The van der Waals surface area contributed by atoms with Crippen molar-refractivity contribution in [1.82, 2.24) is 0 Å².